The molecule has 3 aromatic carbocycles. The van der Waals surface area contributed by atoms with Gasteiger partial charge in [-0.05, 0) is 48.0 Å². The van der Waals surface area contributed by atoms with Crippen LogP contribution in [0.25, 0.3) is 6.08 Å². The largest absolute Gasteiger partial charge is 0.457 e. The number of nitrogens with one attached hydrogen (secondary N) is 2. The van der Waals surface area contributed by atoms with E-state index in [0.29, 0.717) is 11.4 Å². The highest BCUT2D eigenvalue weighted by Gasteiger charge is 2.12. The van der Waals surface area contributed by atoms with Crippen molar-refractivity contribution in [1.82, 2.24) is 5.32 Å². The summed E-state index contributed by atoms with van der Waals surface area (Å²) in [6.07, 6.45) is 1.63. The first kappa shape index (κ1) is 18.9. The zero-order valence-corrected chi connectivity index (χ0v) is 15.4. The third-order valence-electron chi connectivity index (χ3n) is 3.76. The Morgan fingerprint density at radius 1 is 0.786 bits per heavy atom. The van der Waals surface area contributed by atoms with Gasteiger partial charge in [0.25, 0.3) is 5.91 Å². The molecule has 2 N–H and O–H groups in total. The molecule has 0 unspecified atom stereocenters. The number of carbonyl (C=O) groups excluding carboxylic acids is 2. The Morgan fingerprint density at radius 2 is 1.36 bits per heavy atom. The highest BCUT2D eigenvalue weighted by Crippen LogP contribution is 2.22. The molecule has 0 radical (unpaired) electrons. The van der Waals surface area contributed by atoms with Crippen molar-refractivity contribution in [2.24, 2.45) is 0 Å². The van der Waals surface area contributed by atoms with Crippen molar-refractivity contribution < 1.29 is 14.3 Å². The molecular formula is C23H20N2O3. The number of hydrogen-bond donors (Lipinski definition) is 2. The lowest BCUT2D eigenvalue weighted by molar-refractivity contribution is -0.120. The fourth-order valence-electron chi connectivity index (χ4n) is 2.49. The lowest BCUT2D eigenvalue weighted by Gasteiger charge is -2.11. The molecule has 5 nitrogen and oxygen atoms in total. The van der Waals surface area contributed by atoms with Crippen LogP contribution in [-0.4, -0.2) is 11.8 Å². The summed E-state index contributed by atoms with van der Waals surface area (Å²) < 4.78 is 5.74. The van der Waals surface area contributed by atoms with Gasteiger partial charge in [0.05, 0.1) is 0 Å². The molecular weight excluding hydrogens is 352 g/mol. The van der Waals surface area contributed by atoms with Gasteiger partial charge in [0, 0.05) is 12.6 Å². The number of benzene rings is 3. The van der Waals surface area contributed by atoms with Crippen LogP contribution in [0.15, 0.2) is 90.6 Å². The number of carbonyl (C=O) groups is 2. The average molecular weight is 372 g/mol. The predicted molar refractivity (Wildman–Crippen MR) is 110 cm³/mol. The van der Waals surface area contributed by atoms with Crippen molar-refractivity contribution in [2.75, 3.05) is 5.32 Å². The fraction of sp³-hybridized carbons (Fsp3) is 0.0435. The molecule has 0 aliphatic rings. The lowest BCUT2D eigenvalue weighted by Crippen LogP contribution is -2.28. The van der Waals surface area contributed by atoms with Crippen LogP contribution >= 0.6 is 0 Å². The zero-order chi connectivity index (χ0) is 19.8. The highest BCUT2D eigenvalue weighted by molar-refractivity contribution is 6.08. The molecule has 28 heavy (non-hydrogen) atoms. The Labute approximate surface area is 163 Å². The second-order valence-corrected chi connectivity index (χ2v) is 6.04. The standard InChI is InChI=1S/C23H20N2O3/c1-17(26)24-22(16-18-8-4-2-5-9-18)23(27)25-19-12-14-21(15-13-19)28-20-10-6-3-7-11-20/h2-16H,1H3,(H,24,26)(H,25,27)/b22-16+. The minimum atomic E-state index is -0.407. The maximum atomic E-state index is 12.6. The number of ether oxygens (including phenoxy) is 1. The molecule has 5 heteroatoms. The molecule has 0 atom stereocenters. The number of amides is 2. The van der Waals surface area contributed by atoms with Crippen LogP contribution in [0, 0.1) is 0 Å². The summed E-state index contributed by atoms with van der Waals surface area (Å²) in [4.78, 5) is 24.1. The molecule has 0 heterocycles. The van der Waals surface area contributed by atoms with Gasteiger partial charge in [-0.25, -0.2) is 0 Å². The van der Waals surface area contributed by atoms with Crippen molar-refractivity contribution in [1.29, 1.82) is 0 Å². The third-order valence-corrected chi connectivity index (χ3v) is 3.76. The first-order valence-corrected chi connectivity index (χ1v) is 8.79. The van der Waals surface area contributed by atoms with Crippen LogP contribution in [0.4, 0.5) is 5.69 Å². The summed E-state index contributed by atoms with van der Waals surface area (Å²) in [5.74, 6) is 0.670. The van der Waals surface area contributed by atoms with Gasteiger partial charge in [-0.15, -0.1) is 0 Å². The van der Waals surface area contributed by atoms with E-state index >= 15 is 0 Å². The molecule has 0 aliphatic heterocycles. The Morgan fingerprint density at radius 3 is 1.96 bits per heavy atom. The van der Waals surface area contributed by atoms with Gasteiger partial charge in [0.15, 0.2) is 0 Å². The van der Waals surface area contributed by atoms with Crippen molar-refractivity contribution in [3.05, 3.63) is 96.2 Å². The molecule has 3 aromatic rings. The zero-order valence-electron chi connectivity index (χ0n) is 15.4. The van der Waals surface area contributed by atoms with Crippen molar-refractivity contribution in [3.8, 4) is 11.5 Å². The van der Waals surface area contributed by atoms with Gasteiger partial charge >= 0.3 is 0 Å². The molecule has 3 rings (SSSR count). The maximum absolute atomic E-state index is 12.6. The smallest absolute Gasteiger partial charge is 0.272 e. The van der Waals surface area contributed by atoms with Crippen LogP contribution in [0.3, 0.4) is 0 Å². The lowest BCUT2D eigenvalue weighted by atomic mass is 10.2. The SMILES string of the molecule is CC(=O)N/C(=C/c1ccccc1)C(=O)Nc1ccc(Oc2ccccc2)cc1. The summed E-state index contributed by atoms with van der Waals surface area (Å²) in [5, 5.41) is 5.36. The van der Waals surface area contributed by atoms with E-state index < -0.39 is 5.91 Å². The monoisotopic (exact) mass is 372 g/mol. The summed E-state index contributed by atoms with van der Waals surface area (Å²) in [7, 11) is 0. The quantitative estimate of drug-likeness (QED) is 0.622. The number of para-hydroxylation sites is 1. The Kier molecular flexibility index (Phi) is 6.21. The van der Waals surface area contributed by atoms with Gasteiger partial charge in [0.1, 0.15) is 17.2 Å². The van der Waals surface area contributed by atoms with Crippen LogP contribution in [0.5, 0.6) is 11.5 Å². The van der Waals surface area contributed by atoms with Gasteiger partial charge in [-0.1, -0.05) is 48.5 Å². The number of anilines is 1. The molecule has 0 aromatic heterocycles. The molecule has 0 bridgehead atoms. The summed E-state index contributed by atoms with van der Waals surface area (Å²) >= 11 is 0. The van der Waals surface area contributed by atoms with E-state index in [4.69, 9.17) is 4.74 Å². The number of rotatable bonds is 6. The molecule has 0 aliphatic carbocycles. The minimum Gasteiger partial charge on any atom is -0.457 e. The van der Waals surface area contributed by atoms with Crippen LogP contribution in [-0.2, 0) is 9.59 Å². The molecule has 0 fully saturated rings. The topological polar surface area (TPSA) is 67.4 Å². The highest BCUT2D eigenvalue weighted by atomic mass is 16.5. The van der Waals surface area contributed by atoms with Gasteiger partial charge in [0.2, 0.25) is 5.91 Å². The first-order valence-electron chi connectivity index (χ1n) is 8.79. The second-order valence-electron chi connectivity index (χ2n) is 6.04. The van der Waals surface area contributed by atoms with Crippen LogP contribution < -0.4 is 15.4 Å². The summed E-state index contributed by atoms with van der Waals surface area (Å²) in [6.45, 7) is 1.36. The predicted octanol–water partition coefficient (Wildman–Crippen LogP) is 4.59. The van der Waals surface area contributed by atoms with E-state index in [1.165, 1.54) is 6.92 Å². The van der Waals surface area contributed by atoms with E-state index in [1.54, 1.807) is 30.3 Å². The molecule has 0 saturated heterocycles. The van der Waals surface area contributed by atoms with Crippen molar-refractivity contribution in [2.45, 2.75) is 6.92 Å². The molecule has 140 valence electrons. The third kappa shape index (κ3) is 5.57. The Balaban J connectivity index is 1.70. The maximum Gasteiger partial charge on any atom is 0.272 e. The molecule has 0 saturated carbocycles. The van der Waals surface area contributed by atoms with E-state index in [1.807, 2.05) is 60.7 Å². The Bertz CT molecular complexity index is 966. The average Bonchev–Trinajstić information content (AvgIpc) is 2.70. The first-order chi connectivity index (χ1) is 13.6. The van der Waals surface area contributed by atoms with Gasteiger partial charge in [-0.2, -0.15) is 0 Å². The van der Waals surface area contributed by atoms with Crippen LogP contribution in [0.2, 0.25) is 0 Å². The second kappa shape index (κ2) is 9.19. The van der Waals surface area contributed by atoms with Crippen LogP contribution in [0.1, 0.15) is 12.5 Å². The molecule has 0 spiro atoms. The molecule has 2 amide bonds. The normalized spacial score (nSPS) is 10.8. The van der Waals surface area contributed by atoms with E-state index in [-0.39, 0.29) is 11.6 Å². The minimum absolute atomic E-state index is 0.170. The van der Waals surface area contributed by atoms with Crippen molar-refractivity contribution >= 4 is 23.6 Å². The van der Waals surface area contributed by atoms with Gasteiger partial charge in [-0.3, -0.25) is 9.59 Å². The summed E-state index contributed by atoms with van der Waals surface area (Å²) in [6, 6.07) is 25.8. The van der Waals surface area contributed by atoms with E-state index in [0.717, 1.165) is 11.3 Å². The summed E-state index contributed by atoms with van der Waals surface area (Å²) in [5.41, 5.74) is 1.58. The van der Waals surface area contributed by atoms with Crippen molar-refractivity contribution in [3.63, 3.8) is 0 Å². The van der Waals surface area contributed by atoms with E-state index in [2.05, 4.69) is 10.6 Å². The Hall–Kier alpha value is -3.86. The number of hydrogen-bond acceptors (Lipinski definition) is 3. The van der Waals surface area contributed by atoms with Gasteiger partial charge < -0.3 is 15.4 Å². The van der Waals surface area contributed by atoms with E-state index in [9.17, 15) is 9.59 Å². The fourth-order valence-corrected chi connectivity index (χ4v) is 2.49.